The third-order valence-electron chi connectivity index (χ3n) is 3.48. The average molecular weight is 310 g/mol. The summed E-state index contributed by atoms with van der Waals surface area (Å²) in [5, 5.41) is 6.27. The van der Waals surface area contributed by atoms with Crippen LogP contribution < -0.4 is 10.1 Å². The van der Waals surface area contributed by atoms with Gasteiger partial charge in [-0.25, -0.2) is 4.98 Å². The molecular formula is C18H18N2OS. The lowest BCUT2D eigenvalue weighted by atomic mass is 10.1. The number of aromatic nitrogens is 1. The van der Waals surface area contributed by atoms with E-state index in [2.05, 4.69) is 46.9 Å². The van der Waals surface area contributed by atoms with E-state index in [1.54, 1.807) is 18.4 Å². The van der Waals surface area contributed by atoms with Crippen molar-refractivity contribution >= 4 is 22.2 Å². The molecule has 0 atom stereocenters. The van der Waals surface area contributed by atoms with Crippen molar-refractivity contribution in [3.05, 3.63) is 59.5 Å². The molecule has 1 heterocycles. The summed E-state index contributed by atoms with van der Waals surface area (Å²) in [4.78, 5) is 4.65. The molecule has 0 spiro atoms. The van der Waals surface area contributed by atoms with Crippen LogP contribution in [0.5, 0.6) is 5.75 Å². The fourth-order valence-corrected chi connectivity index (χ4v) is 2.94. The quantitative estimate of drug-likeness (QED) is 0.710. The van der Waals surface area contributed by atoms with Gasteiger partial charge in [0.1, 0.15) is 5.75 Å². The molecule has 0 aliphatic heterocycles. The Morgan fingerprint density at radius 2 is 1.95 bits per heavy atom. The molecule has 0 amide bonds. The fourth-order valence-electron chi connectivity index (χ4n) is 2.20. The summed E-state index contributed by atoms with van der Waals surface area (Å²) in [6.07, 6.45) is 1.06. The van der Waals surface area contributed by atoms with Crippen molar-refractivity contribution in [3.63, 3.8) is 0 Å². The van der Waals surface area contributed by atoms with Gasteiger partial charge in [-0.05, 0) is 24.1 Å². The predicted molar refractivity (Wildman–Crippen MR) is 93.2 cm³/mol. The zero-order valence-corrected chi connectivity index (χ0v) is 13.5. The molecule has 0 unspecified atom stereocenters. The SMILES string of the molecule is CCc1ccc(-c2csc(Nc3cccc(OC)c3)n2)cc1. The minimum Gasteiger partial charge on any atom is -0.497 e. The van der Waals surface area contributed by atoms with E-state index in [0.717, 1.165) is 34.2 Å². The van der Waals surface area contributed by atoms with Crippen LogP contribution in [0.2, 0.25) is 0 Å². The number of rotatable bonds is 5. The van der Waals surface area contributed by atoms with Gasteiger partial charge in [0, 0.05) is 22.7 Å². The zero-order valence-electron chi connectivity index (χ0n) is 12.7. The van der Waals surface area contributed by atoms with Crippen LogP contribution in [0.1, 0.15) is 12.5 Å². The van der Waals surface area contributed by atoms with E-state index in [1.807, 2.05) is 24.3 Å². The van der Waals surface area contributed by atoms with Gasteiger partial charge < -0.3 is 10.1 Å². The van der Waals surface area contributed by atoms with E-state index >= 15 is 0 Å². The van der Waals surface area contributed by atoms with Crippen molar-refractivity contribution in [1.82, 2.24) is 4.98 Å². The average Bonchev–Trinajstić information content (AvgIpc) is 3.03. The normalized spacial score (nSPS) is 10.5. The van der Waals surface area contributed by atoms with E-state index < -0.39 is 0 Å². The third kappa shape index (κ3) is 3.28. The van der Waals surface area contributed by atoms with Crippen molar-refractivity contribution in [1.29, 1.82) is 0 Å². The summed E-state index contributed by atoms with van der Waals surface area (Å²) in [6.45, 7) is 2.16. The number of hydrogen-bond acceptors (Lipinski definition) is 4. The Morgan fingerprint density at radius 1 is 1.14 bits per heavy atom. The molecule has 0 bridgehead atoms. The van der Waals surface area contributed by atoms with Crippen LogP contribution in [0.4, 0.5) is 10.8 Å². The summed E-state index contributed by atoms with van der Waals surface area (Å²) in [5.41, 5.74) is 4.46. The molecule has 2 aromatic carbocycles. The van der Waals surface area contributed by atoms with Gasteiger partial charge in [-0.15, -0.1) is 11.3 Å². The first-order valence-electron chi connectivity index (χ1n) is 7.24. The van der Waals surface area contributed by atoms with Gasteiger partial charge in [0.05, 0.1) is 12.8 Å². The summed E-state index contributed by atoms with van der Waals surface area (Å²) in [6, 6.07) is 16.4. The number of benzene rings is 2. The molecule has 112 valence electrons. The number of ether oxygens (including phenoxy) is 1. The lowest BCUT2D eigenvalue weighted by Gasteiger charge is -2.05. The Morgan fingerprint density at radius 3 is 2.68 bits per heavy atom. The summed E-state index contributed by atoms with van der Waals surface area (Å²) < 4.78 is 5.23. The van der Waals surface area contributed by atoms with Gasteiger partial charge >= 0.3 is 0 Å². The molecule has 0 saturated heterocycles. The van der Waals surface area contributed by atoms with Crippen molar-refractivity contribution < 1.29 is 4.74 Å². The van der Waals surface area contributed by atoms with E-state index in [1.165, 1.54) is 5.56 Å². The van der Waals surface area contributed by atoms with E-state index in [-0.39, 0.29) is 0 Å². The maximum absolute atomic E-state index is 5.23. The molecule has 3 nitrogen and oxygen atoms in total. The highest BCUT2D eigenvalue weighted by Crippen LogP contribution is 2.28. The molecular weight excluding hydrogens is 292 g/mol. The molecule has 0 fully saturated rings. The molecule has 3 aromatic rings. The Hall–Kier alpha value is -2.33. The predicted octanol–water partition coefficient (Wildman–Crippen LogP) is 5.12. The molecule has 1 N–H and O–H groups in total. The molecule has 0 radical (unpaired) electrons. The third-order valence-corrected chi connectivity index (χ3v) is 4.24. The van der Waals surface area contributed by atoms with Gasteiger partial charge in [0.25, 0.3) is 0 Å². The topological polar surface area (TPSA) is 34.1 Å². The summed E-state index contributed by atoms with van der Waals surface area (Å²) in [5.74, 6) is 0.830. The maximum Gasteiger partial charge on any atom is 0.187 e. The Bertz CT molecular complexity index is 750. The Kier molecular flexibility index (Phi) is 4.39. The second-order valence-corrected chi connectivity index (χ2v) is 5.80. The number of methoxy groups -OCH3 is 1. The van der Waals surface area contributed by atoms with Crippen LogP contribution in [0.25, 0.3) is 11.3 Å². The number of nitrogens with zero attached hydrogens (tertiary/aromatic N) is 1. The van der Waals surface area contributed by atoms with Gasteiger partial charge in [-0.2, -0.15) is 0 Å². The van der Waals surface area contributed by atoms with E-state index in [9.17, 15) is 0 Å². The van der Waals surface area contributed by atoms with Crippen molar-refractivity contribution in [2.45, 2.75) is 13.3 Å². The van der Waals surface area contributed by atoms with Gasteiger partial charge in [-0.1, -0.05) is 37.3 Å². The fraction of sp³-hybridized carbons (Fsp3) is 0.167. The molecule has 0 aliphatic carbocycles. The van der Waals surface area contributed by atoms with Gasteiger partial charge in [-0.3, -0.25) is 0 Å². The van der Waals surface area contributed by atoms with Crippen molar-refractivity contribution in [2.24, 2.45) is 0 Å². The van der Waals surface area contributed by atoms with Crippen LogP contribution in [0.15, 0.2) is 53.9 Å². The van der Waals surface area contributed by atoms with Crippen LogP contribution in [0.3, 0.4) is 0 Å². The van der Waals surface area contributed by atoms with Crippen molar-refractivity contribution in [3.8, 4) is 17.0 Å². The van der Waals surface area contributed by atoms with Crippen LogP contribution in [0, 0.1) is 0 Å². The molecule has 1 aromatic heterocycles. The van der Waals surface area contributed by atoms with E-state index in [0.29, 0.717) is 0 Å². The lowest BCUT2D eigenvalue weighted by molar-refractivity contribution is 0.415. The van der Waals surface area contributed by atoms with Gasteiger partial charge in [0.2, 0.25) is 0 Å². The summed E-state index contributed by atoms with van der Waals surface area (Å²) >= 11 is 1.60. The zero-order chi connectivity index (χ0) is 15.4. The maximum atomic E-state index is 5.23. The number of nitrogens with one attached hydrogen (secondary N) is 1. The minimum absolute atomic E-state index is 0.830. The first-order chi connectivity index (χ1) is 10.8. The largest absolute Gasteiger partial charge is 0.497 e. The second kappa shape index (κ2) is 6.62. The smallest absolute Gasteiger partial charge is 0.187 e. The molecule has 4 heteroatoms. The molecule has 22 heavy (non-hydrogen) atoms. The standard InChI is InChI=1S/C18H18N2OS/c1-3-13-7-9-14(10-8-13)17-12-22-18(20-17)19-15-5-4-6-16(11-15)21-2/h4-12H,3H2,1-2H3,(H,19,20). The second-order valence-electron chi connectivity index (χ2n) is 4.95. The number of aryl methyl sites for hydroxylation is 1. The first kappa shape index (κ1) is 14.6. The number of thiazole rings is 1. The van der Waals surface area contributed by atoms with Crippen LogP contribution >= 0.6 is 11.3 Å². The highest BCUT2D eigenvalue weighted by Gasteiger charge is 2.05. The molecule has 3 rings (SSSR count). The van der Waals surface area contributed by atoms with Gasteiger partial charge in [0.15, 0.2) is 5.13 Å². The number of anilines is 2. The summed E-state index contributed by atoms with van der Waals surface area (Å²) in [7, 11) is 1.67. The molecule has 0 saturated carbocycles. The Labute approximate surface area is 134 Å². The highest BCUT2D eigenvalue weighted by atomic mass is 32.1. The first-order valence-corrected chi connectivity index (χ1v) is 8.12. The highest BCUT2D eigenvalue weighted by molar-refractivity contribution is 7.14. The Balaban J connectivity index is 1.77. The van der Waals surface area contributed by atoms with Crippen molar-refractivity contribution in [2.75, 3.05) is 12.4 Å². The molecule has 0 aliphatic rings. The monoisotopic (exact) mass is 310 g/mol. The lowest BCUT2D eigenvalue weighted by Crippen LogP contribution is -1.91. The number of hydrogen-bond donors (Lipinski definition) is 1. The van der Waals surface area contributed by atoms with E-state index in [4.69, 9.17) is 4.74 Å². The minimum atomic E-state index is 0.830. The van der Waals surface area contributed by atoms with Crippen LogP contribution in [-0.2, 0) is 6.42 Å². The van der Waals surface area contributed by atoms with Crippen LogP contribution in [-0.4, -0.2) is 12.1 Å².